The summed E-state index contributed by atoms with van der Waals surface area (Å²) in [6.07, 6.45) is 1.08. The Labute approximate surface area is 109 Å². The fourth-order valence-corrected chi connectivity index (χ4v) is 4.15. The van der Waals surface area contributed by atoms with Gasteiger partial charge in [-0.15, -0.1) is 22.7 Å². The summed E-state index contributed by atoms with van der Waals surface area (Å²) in [5.41, 5.74) is 3.89. The second-order valence-electron chi connectivity index (χ2n) is 4.03. The molecular weight excluding hydrogens is 246 g/mol. The molecule has 0 fully saturated rings. The number of nitrogens with zero attached hydrogens (tertiary/aromatic N) is 1. The van der Waals surface area contributed by atoms with Gasteiger partial charge in [-0.2, -0.15) is 0 Å². The van der Waals surface area contributed by atoms with E-state index in [1.165, 1.54) is 25.7 Å². The van der Waals surface area contributed by atoms with Gasteiger partial charge in [-0.05, 0) is 36.4 Å². The van der Waals surface area contributed by atoms with E-state index in [-0.39, 0.29) is 0 Å². The Morgan fingerprint density at radius 2 is 2.06 bits per heavy atom. The Bertz CT molecular complexity index is 631. The summed E-state index contributed by atoms with van der Waals surface area (Å²) < 4.78 is 1.27. The summed E-state index contributed by atoms with van der Waals surface area (Å²) in [4.78, 5) is 6.13. The lowest BCUT2D eigenvalue weighted by Crippen LogP contribution is -1.82. The molecule has 0 radical (unpaired) electrons. The molecule has 86 valence electrons. The maximum absolute atomic E-state index is 4.75. The van der Waals surface area contributed by atoms with Crippen LogP contribution in [0.15, 0.2) is 29.6 Å². The van der Waals surface area contributed by atoms with Crippen molar-refractivity contribution in [2.24, 2.45) is 0 Å². The van der Waals surface area contributed by atoms with Gasteiger partial charge in [-0.1, -0.05) is 19.1 Å². The highest BCUT2D eigenvalue weighted by molar-refractivity contribution is 7.22. The molecule has 1 nitrogen and oxygen atoms in total. The molecule has 0 atom stereocenters. The summed E-state index contributed by atoms with van der Waals surface area (Å²) in [5.74, 6) is 0. The molecule has 0 saturated carbocycles. The van der Waals surface area contributed by atoms with Gasteiger partial charge in [-0.25, -0.2) is 4.98 Å². The van der Waals surface area contributed by atoms with Crippen molar-refractivity contribution in [2.75, 3.05) is 0 Å². The Morgan fingerprint density at radius 3 is 2.82 bits per heavy atom. The topological polar surface area (TPSA) is 12.9 Å². The van der Waals surface area contributed by atoms with Gasteiger partial charge in [0.25, 0.3) is 0 Å². The van der Waals surface area contributed by atoms with E-state index in [0.29, 0.717) is 0 Å². The lowest BCUT2D eigenvalue weighted by molar-refractivity contribution is 1.15. The van der Waals surface area contributed by atoms with Crippen LogP contribution in [0.2, 0.25) is 0 Å². The first-order valence-corrected chi connectivity index (χ1v) is 7.42. The van der Waals surface area contributed by atoms with Crippen LogP contribution >= 0.6 is 22.7 Å². The van der Waals surface area contributed by atoms with Crippen LogP contribution in [0, 0.1) is 6.92 Å². The van der Waals surface area contributed by atoms with E-state index in [2.05, 4.69) is 37.4 Å². The molecule has 0 spiro atoms. The van der Waals surface area contributed by atoms with E-state index in [0.717, 1.165) is 11.9 Å². The van der Waals surface area contributed by atoms with Gasteiger partial charge in [0.2, 0.25) is 0 Å². The minimum atomic E-state index is 1.08. The van der Waals surface area contributed by atoms with E-state index in [9.17, 15) is 0 Å². The molecule has 0 amide bonds. The summed E-state index contributed by atoms with van der Waals surface area (Å²) in [7, 11) is 0. The van der Waals surface area contributed by atoms with Crippen LogP contribution in [0.5, 0.6) is 0 Å². The zero-order valence-corrected chi connectivity index (χ0v) is 11.5. The van der Waals surface area contributed by atoms with Crippen LogP contribution in [0.1, 0.15) is 17.4 Å². The first-order valence-electron chi connectivity index (χ1n) is 5.72. The average molecular weight is 259 g/mol. The molecule has 1 aromatic carbocycles. The molecule has 2 heterocycles. The van der Waals surface area contributed by atoms with Crippen molar-refractivity contribution >= 4 is 32.9 Å². The highest BCUT2D eigenvalue weighted by atomic mass is 32.1. The molecule has 0 aliphatic heterocycles. The summed E-state index contributed by atoms with van der Waals surface area (Å²) in [5, 5.41) is 3.43. The van der Waals surface area contributed by atoms with Gasteiger partial charge in [0, 0.05) is 10.4 Å². The minimum Gasteiger partial charge on any atom is -0.236 e. The molecule has 0 unspecified atom stereocenters. The predicted octanol–water partition coefficient (Wildman–Crippen LogP) is 4.90. The normalized spacial score (nSPS) is 11.2. The second-order valence-corrected chi connectivity index (χ2v) is 6.15. The largest absolute Gasteiger partial charge is 0.236 e. The molecule has 0 N–H and O–H groups in total. The Morgan fingerprint density at radius 1 is 1.24 bits per heavy atom. The predicted molar refractivity (Wildman–Crippen MR) is 77.0 cm³/mol. The first-order chi connectivity index (χ1) is 8.29. The fraction of sp³-hybridized carbons (Fsp3) is 0.214. The zero-order chi connectivity index (χ0) is 11.8. The third kappa shape index (κ3) is 1.79. The van der Waals surface area contributed by atoms with Crippen LogP contribution in [-0.2, 0) is 6.42 Å². The molecule has 0 aliphatic carbocycles. The van der Waals surface area contributed by atoms with Crippen molar-refractivity contribution in [2.45, 2.75) is 20.3 Å². The van der Waals surface area contributed by atoms with Gasteiger partial charge in [0.05, 0.1) is 10.2 Å². The van der Waals surface area contributed by atoms with E-state index in [1.807, 2.05) is 17.4 Å². The number of benzene rings is 1. The maximum atomic E-state index is 4.75. The van der Waals surface area contributed by atoms with Crippen LogP contribution in [-0.4, -0.2) is 4.98 Å². The van der Waals surface area contributed by atoms with Crippen LogP contribution in [0.3, 0.4) is 0 Å². The van der Waals surface area contributed by atoms with Crippen molar-refractivity contribution in [3.8, 4) is 10.6 Å². The third-order valence-electron chi connectivity index (χ3n) is 2.94. The Balaban J connectivity index is 2.23. The molecule has 0 saturated heterocycles. The molecule has 17 heavy (non-hydrogen) atoms. The van der Waals surface area contributed by atoms with Gasteiger partial charge in [0.1, 0.15) is 5.01 Å². The van der Waals surface area contributed by atoms with Gasteiger partial charge in [-0.3, -0.25) is 0 Å². The monoisotopic (exact) mass is 259 g/mol. The number of hydrogen-bond acceptors (Lipinski definition) is 3. The maximum Gasteiger partial charge on any atom is 0.125 e. The van der Waals surface area contributed by atoms with Gasteiger partial charge < -0.3 is 0 Å². The minimum absolute atomic E-state index is 1.08. The molecule has 2 aromatic heterocycles. The number of thiazole rings is 1. The molecule has 3 rings (SSSR count). The molecular formula is C14H13NS2. The summed E-state index contributed by atoms with van der Waals surface area (Å²) >= 11 is 3.62. The molecule has 0 bridgehead atoms. The number of fused-ring (bicyclic) bond motifs is 1. The third-order valence-corrected chi connectivity index (χ3v) is 4.95. The number of aryl methyl sites for hydroxylation is 2. The average Bonchev–Trinajstić information content (AvgIpc) is 2.91. The second kappa shape index (κ2) is 4.24. The van der Waals surface area contributed by atoms with Gasteiger partial charge >= 0.3 is 0 Å². The number of aromatic nitrogens is 1. The van der Waals surface area contributed by atoms with Crippen molar-refractivity contribution in [1.82, 2.24) is 4.98 Å². The summed E-state index contributed by atoms with van der Waals surface area (Å²) in [6.45, 7) is 4.39. The standard InChI is InChI=1S/C14H13NS2/c1-3-10-8-16-9(2)13(10)14-15-11-6-4-5-7-12(11)17-14/h4-8H,3H2,1-2H3. The zero-order valence-electron chi connectivity index (χ0n) is 9.86. The Hall–Kier alpha value is -1.19. The van der Waals surface area contributed by atoms with Crippen molar-refractivity contribution in [1.29, 1.82) is 0 Å². The van der Waals surface area contributed by atoms with E-state index >= 15 is 0 Å². The fourth-order valence-electron chi connectivity index (χ4n) is 2.03. The van der Waals surface area contributed by atoms with E-state index in [4.69, 9.17) is 4.98 Å². The Kier molecular flexibility index (Phi) is 2.73. The smallest absolute Gasteiger partial charge is 0.125 e. The molecule has 3 aromatic rings. The van der Waals surface area contributed by atoms with E-state index < -0.39 is 0 Å². The number of hydrogen-bond donors (Lipinski definition) is 0. The first kappa shape index (κ1) is 10.9. The van der Waals surface area contributed by atoms with Crippen molar-refractivity contribution in [3.63, 3.8) is 0 Å². The number of para-hydroxylation sites is 1. The lowest BCUT2D eigenvalue weighted by Gasteiger charge is -1.98. The SMILES string of the molecule is CCc1csc(C)c1-c1nc2ccccc2s1. The number of thiophene rings is 1. The van der Waals surface area contributed by atoms with E-state index in [1.54, 1.807) is 11.3 Å². The van der Waals surface area contributed by atoms with Crippen molar-refractivity contribution in [3.05, 3.63) is 40.1 Å². The quantitative estimate of drug-likeness (QED) is 0.638. The highest BCUT2D eigenvalue weighted by Gasteiger charge is 2.13. The molecule has 3 heteroatoms. The lowest BCUT2D eigenvalue weighted by atomic mass is 10.1. The summed E-state index contributed by atoms with van der Waals surface area (Å²) in [6, 6.07) is 8.35. The van der Waals surface area contributed by atoms with Crippen LogP contribution < -0.4 is 0 Å². The van der Waals surface area contributed by atoms with Crippen LogP contribution in [0.4, 0.5) is 0 Å². The van der Waals surface area contributed by atoms with Crippen molar-refractivity contribution < 1.29 is 0 Å². The van der Waals surface area contributed by atoms with Crippen LogP contribution in [0.25, 0.3) is 20.8 Å². The number of rotatable bonds is 2. The highest BCUT2D eigenvalue weighted by Crippen LogP contribution is 2.37. The van der Waals surface area contributed by atoms with Gasteiger partial charge in [0.15, 0.2) is 0 Å². The molecule has 0 aliphatic rings.